The summed E-state index contributed by atoms with van der Waals surface area (Å²) in [6.45, 7) is 0.907. The van der Waals surface area contributed by atoms with E-state index in [1.54, 1.807) is 17.7 Å². The molecule has 0 amide bonds. The van der Waals surface area contributed by atoms with E-state index < -0.39 is 0 Å². The van der Waals surface area contributed by atoms with Crippen molar-refractivity contribution in [3.63, 3.8) is 0 Å². The van der Waals surface area contributed by atoms with Gasteiger partial charge in [0.2, 0.25) is 0 Å². The van der Waals surface area contributed by atoms with Crippen molar-refractivity contribution >= 4 is 0 Å². The maximum atomic E-state index is 11.9. The topological polar surface area (TPSA) is 51.5 Å². The average Bonchev–Trinajstić information content (AvgIpc) is 2.38. The highest BCUT2D eigenvalue weighted by atomic mass is 16.5. The number of nitrogens with zero attached hydrogens (tertiary/aromatic N) is 1. The van der Waals surface area contributed by atoms with Crippen LogP contribution in [0.5, 0.6) is 5.75 Å². The van der Waals surface area contributed by atoms with E-state index in [4.69, 9.17) is 4.74 Å². The second-order valence-electron chi connectivity index (χ2n) is 3.95. The van der Waals surface area contributed by atoms with Gasteiger partial charge in [-0.1, -0.05) is 30.3 Å². The normalized spacial score (nSPS) is 10.5. The van der Waals surface area contributed by atoms with Crippen LogP contribution in [0, 0.1) is 0 Å². The number of hydrogen-bond donors (Lipinski definition) is 1. The van der Waals surface area contributed by atoms with Crippen molar-refractivity contribution in [2.75, 3.05) is 13.7 Å². The second kappa shape index (κ2) is 5.51. The molecule has 0 aliphatic heterocycles. The van der Waals surface area contributed by atoms with Gasteiger partial charge in [0.1, 0.15) is 5.75 Å². The Bertz CT molecular complexity index is 575. The monoisotopic (exact) mass is 245 g/mol. The minimum absolute atomic E-state index is 0.0208. The summed E-state index contributed by atoms with van der Waals surface area (Å²) in [5, 5.41) is 9.56. The molecule has 1 aromatic heterocycles. The van der Waals surface area contributed by atoms with E-state index in [1.807, 2.05) is 30.3 Å². The molecule has 0 atom stereocenters. The smallest absolute Gasteiger partial charge is 0.254 e. The quantitative estimate of drug-likeness (QED) is 0.894. The van der Waals surface area contributed by atoms with E-state index in [0.717, 1.165) is 5.56 Å². The molecule has 0 spiro atoms. The molecule has 0 radical (unpaired) electrons. The number of rotatable bonds is 4. The van der Waals surface area contributed by atoms with Gasteiger partial charge in [-0.3, -0.25) is 4.79 Å². The van der Waals surface area contributed by atoms with Crippen molar-refractivity contribution in [3.05, 3.63) is 52.8 Å². The number of methoxy groups -OCH3 is 1. The molecule has 2 aromatic rings. The number of ether oxygens (including phenoxy) is 1. The summed E-state index contributed by atoms with van der Waals surface area (Å²) in [4.78, 5) is 11.9. The Balaban J connectivity index is 2.54. The molecule has 1 aromatic carbocycles. The summed E-state index contributed by atoms with van der Waals surface area (Å²) < 4.78 is 6.60. The Hall–Kier alpha value is -2.07. The summed E-state index contributed by atoms with van der Waals surface area (Å²) >= 11 is 0. The molecule has 0 unspecified atom stereocenters. The van der Waals surface area contributed by atoms with Crippen LogP contribution < -0.4 is 5.56 Å². The standard InChI is InChI=1S/C14H15NO3/c1-18-8-7-15-13(9-12(16)10-14(15)17)11-5-3-2-4-6-11/h2-6,9-10,16H,7-8H2,1H3. The Morgan fingerprint density at radius 2 is 1.94 bits per heavy atom. The van der Waals surface area contributed by atoms with Crippen LogP contribution in [0.2, 0.25) is 0 Å². The highest BCUT2D eigenvalue weighted by molar-refractivity contribution is 5.61. The van der Waals surface area contributed by atoms with Crippen LogP contribution >= 0.6 is 0 Å². The van der Waals surface area contributed by atoms with Crippen molar-refractivity contribution in [3.8, 4) is 17.0 Å². The van der Waals surface area contributed by atoms with Gasteiger partial charge in [0.25, 0.3) is 5.56 Å². The van der Waals surface area contributed by atoms with Crippen LogP contribution in [-0.2, 0) is 11.3 Å². The van der Waals surface area contributed by atoms with E-state index in [9.17, 15) is 9.90 Å². The highest BCUT2D eigenvalue weighted by Gasteiger charge is 2.08. The third kappa shape index (κ3) is 2.60. The fourth-order valence-corrected chi connectivity index (χ4v) is 1.84. The van der Waals surface area contributed by atoms with Gasteiger partial charge < -0.3 is 14.4 Å². The first-order valence-corrected chi connectivity index (χ1v) is 5.70. The third-order valence-corrected chi connectivity index (χ3v) is 2.70. The molecular formula is C14H15NO3. The maximum Gasteiger partial charge on any atom is 0.254 e. The van der Waals surface area contributed by atoms with Crippen molar-refractivity contribution in [2.45, 2.75) is 6.54 Å². The zero-order valence-corrected chi connectivity index (χ0v) is 10.2. The van der Waals surface area contributed by atoms with Crippen LogP contribution in [0.25, 0.3) is 11.3 Å². The Morgan fingerprint density at radius 1 is 1.22 bits per heavy atom. The van der Waals surface area contributed by atoms with Gasteiger partial charge in [-0.2, -0.15) is 0 Å². The van der Waals surface area contributed by atoms with Crippen LogP contribution in [0.4, 0.5) is 0 Å². The lowest BCUT2D eigenvalue weighted by Gasteiger charge is -2.12. The van der Waals surface area contributed by atoms with Crippen LogP contribution in [0.3, 0.4) is 0 Å². The lowest BCUT2D eigenvalue weighted by Crippen LogP contribution is -2.22. The minimum atomic E-state index is -0.231. The largest absolute Gasteiger partial charge is 0.508 e. The molecule has 1 N–H and O–H groups in total. The first-order valence-electron chi connectivity index (χ1n) is 5.70. The number of aromatic nitrogens is 1. The molecule has 0 saturated carbocycles. The van der Waals surface area contributed by atoms with Gasteiger partial charge in [-0.05, 0) is 5.56 Å². The lowest BCUT2D eigenvalue weighted by atomic mass is 10.1. The van der Waals surface area contributed by atoms with E-state index >= 15 is 0 Å². The zero-order chi connectivity index (χ0) is 13.0. The Morgan fingerprint density at radius 3 is 2.61 bits per heavy atom. The molecule has 94 valence electrons. The first-order chi connectivity index (χ1) is 8.72. The molecule has 18 heavy (non-hydrogen) atoms. The van der Waals surface area contributed by atoms with Crippen LogP contribution in [0.15, 0.2) is 47.3 Å². The molecule has 0 fully saturated rings. The summed E-state index contributed by atoms with van der Waals surface area (Å²) in [5.41, 5.74) is 1.35. The molecule has 4 nitrogen and oxygen atoms in total. The number of pyridine rings is 1. The van der Waals surface area contributed by atoms with Crippen LogP contribution in [-0.4, -0.2) is 23.4 Å². The minimum Gasteiger partial charge on any atom is -0.508 e. The molecule has 0 aliphatic rings. The summed E-state index contributed by atoms with van der Waals surface area (Å²) in [6, 6.07) is 12.3. The second-order valence-corrected chi connectivity index (χ2v) is 3.95. The van der Waals surface area contributed by atoms with Gasteiger partial charge in [0.15, 0.2) is 0 Å². The van der Waals surface area contributed by atoms with Crippen molar-refractivity contribution in [1.82, 2.24) is 4.57 Å². The predicted octanol–water partition coefficient (Wildman–Crippen LogP) is 1.87. The first kappa shape index (κ1) is 12.4. The van der Waals surface area contributed by atoms with E-state index in [2.05, 4.69) is 0 Å². The average molecular weight is 245 g/mol. The molecule has 0 saturated heterocycles. The van der Waals surface area contributed by atoms with Crippen molar-refractivity contribution < 1.29 is 9.84 Å². The summed E-state index contributed by atoms with van der Waals surface area (Å²) in [5.74, 6) is -0.0208. The summed E-state index contributed by atoms with van der Waals surface area (Å²) in [6.07, 6.45) is 0. The lowest BCUT2D eigenvalue weighted by molar-refractivity contribution is 0.186. The summed E-state index contributed by atoms with van der Waals surface area (Å²) in [7, 11) is 1.59. The van der Waals surface area contributed by atoms with Gasteiger partial charge >= 0.3 is 0 Å². The molecule has 2 rings (SSSR count). The Labute approximate surface area is 105 Å². The molecule has 4 heteroatoms. The predicted molar refractivity (Wildman–Crippen MR) is 69.7 cm³/mol. The fraction of sp³-hybridized carbons (Fsp3) is 0.214. The van der Waals surface area contributed by atoms with E-state index in [0.29, 0.717) is 18.8 Å². The third-order valence-electron chi connectivity index (χ3n) is 2.70. The van der Waals surface area contributed by atoms with Crippen LogP contribution in [0.1, 0.15) is 0 Å². The maximum absolute atomic E-state index is 11.9. The van der Waals surface area contributed by atoms with Crippen molar-refractivity contribution in [1.29, 1.82) is 0 Å². The Kier molecular flexibility index (Phi) is 3.79. The van der Waals surface area contributed by atoms with Crippen molar-refractivity contribution in [2.24, 2.45) is 0 Å². The van der Waals surface area contributed by atoms with E-state index in [-0.39, 0.29) is 11.3 Å². The zero-order valence-electron chi connectivity index (χ0n) is 10.2. The highest BCUT2D eigenvalue weighted by Crippen LogP contribution is 2.21. The number of aromatic hydroxyl groups is 1. The molecule has 0 bridgehead atoms. The van der Waals surface area contributed by atoms with Gasteiger partial charge in [-0.25, -0.2) is 0 Å². The fourth-order valence-electron chi connectivity index (χ4n) is 1.84. The molecule has 0 aliphatic carbocycles. The van der Waals surface area contributed by atoms with Gasteiger partial charge in [0.05, 0.1) is 12.3 Å². The molecule has 1 heterocycles. The SMILES string of the molecule is COCCn1c(-c2ccccc2)cc(O)cc1=O. The van der Waals surface area contributed by atoms with Gasteiger partial charge in [0, 0.05) is 25.8 Å². The number of hydrogen-bond acceptors (Lipinski definition) is 3. The van der Waals surface area contributed by atoms with E-state index in [1.165, 1.54) is 6.07 Å². The van der Waals surface area contributed by atoms with Gasteiger partial charge in [-0.15, -0.1) is 0 Å². The number of benzene rings is 1. The molecular weight excluding hydrogens is 230 g/mol.